The largest absolute Gasteiger partial charge is 0.497 e. The first-order valence-electron chi connectivity index (χ1n) is 12.9. The van der Waals surface area contributed by atoms with Gasteiger partial charge in [-0.1, -0.05) is 55.5 Å². The molecule has 5 atom stereocenters. The molecule has 3 heterocycles. The summed E-state index contributed by atoms with van der Waals surface area (Å²) in [6, 6.07) is 15.8. The third kappa shape index (κ3) is 3.78. The highest BCUT2D eigenvalue weighted by Crippen LogP contribution is 2.58. The number of hydrogen-bond donors (Lipinski definition) is 2. The molecule has 0 unspecified atom stereocenters. The number of amides is 2. The summed E-state index contributed by atoms with van der Waals surface area (Å²) < 4.78 is 12.2. The summed E-state index contributed by atoms with van der Waals surface area (Å²) in [5.41, 5.74) is 0.534. The average molecular weight is 509 g/mol. The summed E-state index contributed by atoms with van der Waals surface area (Å²) in [5.74, 6) is 0.521. The van der Waals surface area contributed by atoms with Crippen LogP contribution in [0.4, 0.5) is 5.69 Å². The van der Waals surface area contributed by atoms with Crippen LogP contribution < -0.4 is 15.2 Å². The molecule has 2 aromatic rings. The van der Waals surface area contributed by atoms with Crippen LogP contribution >= 0.6 is 0 Å². The van der Waals surface area contributed by atoms with E-state index in [1.807, 2.05) is 36.4 Å². The Bertz CT molecular complexity index is 1150. The molecule has 36 heavy (non-hydrogen) atoms. The van der Waals surface area contributed by atoms with Gasteiger partial charge in [0, 0.05) is 23.7 Å². The minimum atomic E-state index is -2.26. The van der Waals surface area contributed by atoms with Gasteiger partial charge in [-0.2, -0.15) is 0 Å². The smallest absolute Gasteiger partial charge is 0.261 e. The number of carbonyl (C=O) groups is 2. The number of likely N-dealkylation sites (tertiary alicyclic amines) is 1. The first-order valence-corrected chi connectivity index (χ1v) is 16.0. The van der Waals surface area contributed by atoms with Gasteiger partial charge in [0.1, 0.15) is 5.75 Å². The summed E-state index contributed by atoms with van der Waals surface area (Å²) in [4.78, 5) is 28.9. The molecule has 192 valence electrons. The molecule has 2 saturated heterocycles. The van der Waals surface area contributed by atoms with Crippen molar-refractivity contribution in [2.24, 2.45) is 5.92 Å². The summed E-state index contributed by atoms with van der Waals surface area (Å²) in [5, 5.41) is 14.1. The molecule has 0 saturated carbocycles. The number of ether oxygens (including phenoxy) is 2. The number of benzene rings is 2. The fourth-order valence-corrected chi connectivity index (χ4v) is 10.9. The van der Waals surface area contributed by atoms with E-state index in [-0.39, 0.29) is 42.3 Å². The number of nitrogens with zero attached hydrogens (tertiary/aromatic N) is 1. The van der Waals surface area contributed by atoms with Gasteiger partial charge in [0.05, 0.1) is 40.4 Å². The lowest BCUT2D eigenvalue weighted by molar-refractivity contribution is -0.148. The normalized spacial score (nSPS) is 29.5. The van der Waals surface area contributed by atoms with Crippen LogP contribution in [0.2, 0.25) is 18.6 Å². The summed E-state index contributed by atoms with van der Waals surface area (Å²) >= 11 is 0. The van der Waals surface area contributed by atoms with E-state index in [9.17, 15) is 14.7 Å². The van der Waals surface area contributed by atoms with Crippen LogP contribution in [-0.2, 0) is 19.9 Å². The van der Waals surface area contributed by atoms with Gasteiger partial charge in [-0.15, -0.1) is 0 Å². The zero-order valence-corrected chi connectivity index (χ0v) is 22.5. The van der Waals surface area contributed by atoms with E-state index in [0.717, 1.165) is 29.8 Å². The number of hydrogen-bond acceptors (Lipinski definition) is 5. The van der Waals surface area contributed by atoms with Crippen molar-refractivity contribution >= 4 is 30.8 Å². The minimum Gasteiger partial charge on any atom is -0.497 e. The van der Waals surface area contributed by atoms with E-state index < -0.39 is 19.8 Å². The fourth-order valence-electron chi connectivity index (χ4n) is 6.93. The number of anilines is 1. The first-order chi connectivity index (χ1) is 17.2. The Morgan fingerprint density at radius 2 is 1.94 bits per heavy atom. The number of aliphatic hydroxyl groups is 1. The Morgan fingerprint density at radius 1 is 1.22 bits per heavy atom. The topological polar surface area (TPSA) is 88.1 Å². The number of aliphatic hydroxyl groups excluding tert-OH is 1. The van der Waals surface area contributed by atoms with Gasteiger partial charge >= 0.3 is 0 Å². The molecule has 2 N–H and O–H groups in total. The van der Waals surface area contributed by atoms with Crippen molar-refractivity contribution in [2.75, 3.05) is 25.6 Å². The van der Waals surface area contributed by atoms with Gasteiger partial charge in [-0.25, -0.2) is 0 Å². The van der Waals surface area contributed by atoms with Gasteiger partial charge in [0.2, 0.25) is 5.91 Å². The van der Waals surface area contributed by atoms with Crippen molar-refractivity contribution in [3.63, 3.8) is 0 Å². The van der Waals surface area contributed by atoms with E-state index in [1.165, 1.54) is 5.19 Å². The van der Waals surface area contributed by atoms with Gasteiger partial charge < -0.3 is 24.8 Å². The van der Waals surface area contributed by atoms with E-state index in [4.69, 9.17) is 9.47 Å². The third-order valence-corrected chi connectivity index (χ3v) is 13.1. The predicted molar refractivity (Wildman–Crippen MR) is 141 cm³/mol. The highest BCUT2D eigenvalue weighted by atomic mass is 28.3. The molecule has 5 rings (SSSR count). The SMILES string of the molecule is COc1ccc([Si](C)(C)[C@H]2[C@H](CC(=O)N3CCC[C@H]3CO)O[C@@]3(C(=O)Nc4ccccc43)[C@@H]2C)cc1. The van der Waals surface area contributed by atoms with Crippen molar-refractivity contribution in [3.8, 4) is 5.75 Å². The maximum atomic E-state index is 13.6. The molecule has 0 bridgehead atoms. The quantitative estimate of drug-likeness (QED) is 0.585. The standard InChI is InChI=1S/C28H36N2O5Si/c1-18-26(36(3,4)21-13-11-20(34-2)12-14-21)24(16-25(32)30-15-7-8-19(30)17-31)35-28(18)22-9-5-6-10-23(22)29-27(28)33/h5-6,9-14,18-19,24,26,31H,7-8,15-17H2,1-4H3,(H,29,33)/t18-,19+,24+,26-,28+/m1/s1. The van der Waals surface area contributed by atoms with Crippen molar-refractivity contribution in [1.82, 2.24) is 4.90 Å². The third-order valence-electron chi connectivity index (χ3n) is 8.78. The number of methoxy groups -OCH3 is 1. The van der Waals surface area contributed by atoms with Crippen molar-refractivity contribution in [2.45, 2.75) is 62.6 Å². The Balaban J connectivity index is 1.55. The second-order valence-corrected chi connectivity index (χ2v) is 15.6. The number of carbonyl (C=O) groups excluding carboxylic acids is 2. The first kappa shape index (κ1) is 25.0. The maximum Gasteiger partial charge on any atom is 0.261 e. The van der Waals surface area contributed by atoms with Crippen LogP contribution in [0.15, 0.2) is 48.5 Å². The number of fused-ring (bicyclic) bond motifs is 2. The fraction of sp³-hybridized carbons (Fsp3) is 0.500. The highest BCUT2D eigenvalue weighted by molar-refractivity contribution is 6.91. The average Bonchev–Trinajstić information content (AvgIpc) is 3.55. The lowest BCUT2D eigenvalue weighted by Gasteiger charge is -2.37. The lowest BCUT2D eigenvalue weighted by Crippen LogP contribution is -2.52. The van der Waals surface area contributed by atoms with E-state index in [1.54, 1.807) is 12.0 Å². The Morgan fingerprint density at radius 3 is 2.64 bits per heavy atom. The van der Waals surface area contributed by atoms with Crippen molar-refractivity contribution < 1.29 is 24.2 Å². The molecular formula is C28H36N2O5Si. The molecule has 2 aromatic carbocycles. The predicted octanol–water partition coefficient (Wildman–Crippen LogP) is 3.24. The maximum absolute atomic E-state index is 13.6. The molecule has 1 spiro atoms. The molecule has 0 aliphatic carbocycles. The molecular weight excluding hydrogens is 472 g/mol. The van der Waals surface area contributed by atoms with Gasteiger partial charge in [0.15, 0.2) is 5.60 Å². The van der Waals surface area contributed by atoms with Gasteiger partial charge in [-0.05, 0) is 36.6 Å². The second-order valence-electron chi connectivity index (χ2n) is 10.9. The molecule has 2 fully saturated rings. The Kier molecular flexibility index (Phi) is 6.47. The van der Waals surface area contributed by atoms with Crippen LogP contribution in [0, 0.1) is 5.92 Å². The number of para-hydroxylation sites is 1. The second kappa shape index (κ2) is 9.32. The van der Waals surface area contributed by atoms with E-state index in [0.29, 0.717) is 6.54 Å². The van der Waals surface area contributed by atoms with Gasteiger partial charge in [0.25, 0.3) is 5.91 Å². The van der Waals surface area contributed by atoms with Crippen molar-refractivity contribution in [1.29, 1.82) is 0 Å². The lowest BCUT2D eigenvalue weighted by atomic mass is 9.82. The zero-order valence-electron chi connectivity index (χ0n) is 21.5. The Labute approximate surface area is 213 Å². The molecule has 3 aliphatic heterocycles. The molecule has 7 nitrogen and oxygen atoms in total. The zero-order chi connectivity index (χ0) is 25.7. The molecule has 2 amide bonds. The van der Waals surface area contributed by atoms with Crippen LogP contribution in [-0.4, -0.2) is 62.3 Å². The number of rotatable bonds is 6. The van der Waals surface area contributed by atoms with Crippen LogP contribution in [0.1, 0.15) is 31.7 Å². The minimum absolute atomic E-state index is 0.00276. The number of nitrogens with one attached hydrogen (secondary N) is 1. The van der Waals surface area contributed by atoms with Crippen molar-refractivity contribution in [3.05, 3.63) is 54.1 Å². The molecule has 8 heteroatoms. The summed E-state index contributed by atoms with van der Waals surface area (Å²) in [7, 11) is -0.608. The molecule has 0 aromatic heterocycles. The summed E-state index contributed by atoms with van der Waals surface area (Å²) in [6.07, 6.45) is 1.51. The van der Waals surface area contributed by atoms with Crippen LogP contribution in [0.25, 0.3) is 0 Å². The molecule has 3 aliphatic rings. The van der Waals surface area contributed by atoms with E-state index in [2.05, 4.69) is 37.5 Å². The van der Waals surface area contributed by atoms with Crippen LogP contribution in [0.3, 0.4) is 0 Å². The highest BCUT2D eigenvalue weighted by Gasteiger charge is 2.65. The molecule has 0 radical (unpaired) electrons. The Hall–Kier alpha value is -2.68. The van der Waals surface area contributed by atoms with Crippen LogP contribution in [0.5, 0.6) is 5.75 Å². The monoisotopic (exact) mass is 508 g/mol. The van der Waals surface area contributed by atoms with E-state index >= 15 is 0 Å². The van der Waals surface area contributed by atoms with Gasteiger partial charge in [-0.3, -0.25) is 9.59 Å². The summed E-state index contributed by atoms with van der Waals surface area (Å²) in [6.45, 7) is 7.36.